The van der Waals surface area contributed by atoms with Crippen molar-refractivity contribution in [1.29, 1.82) is 0 Å². The van der Waals surface area contributed by atoms with E-state index in [9.17, 15) is 9.59 Å². The Labute approximate surface area is 78.7 Å². The summed E-state index contributed by atoms with van der Waals surface area (Å²) in [6, 6.07) is 0. The first-order chi connectivity index (χ1) is 6.59. The molecular weight excluding hydrogens is 190 g/mol. The quantitative estimate of drug-likeness (QED) is 0.575. The highest BCUT2D eigenvalue weighted by atomic mass is 16.4. The number of carboxylic acid groups (broad SMARTS) is 1. The molecule has 0 fully saturated rings. The number of carbonyl (C=O) groups is 2. The summed E-state index contributed by atoms with van der Waals surface area (Å²) in [6.07, 6.45) is -0.191. The van der Waals surface area contributed by atoms with Crippen molar-refractivity contribution < 1.29 is 14.7 Å². The topological polar surface area (TPSA) is 124 Å². The monoisotopic (exact) mass is 199 g/mol. The van der Waals surface area contributed by atoms with E-state index in [0.717, 1.165) is 0 Å². The largest absolute Gasteiger partial charge is 0.481 e. The van der Waals surface area contributed by atoms with Gasteiger partial charge in [-0.15, -0.1) is 5.10 Å². The first-order valence-corrected chi connectivity index (χ1v) is 3.84. The van der Waals surface area contributed by atoms with E-state index in [1.165, 1.54) is 4.68 Å². The summed E-state index contributed by atoms with van der Waals surface area (Å²) in [5.41, 5.74) is 4.92. The fraction of sp³-hybridized carbons (Fsp3) is 0.500. The van der Waals surface area contributed by atoms with Gasteiger partial charge in [0.05, 0.1) is 6.54 Å². The van der Waals surface area contributed by atoms with Crippen LogP contribution in [0.1, 0.15) is 12.2 Å². The number of carbonyl (C=O) groups excluding carboxylic acids is 1. The minimum Gasteiger partial charge on any atom is -0.481 e. The van der Waals surface area contributed by atoms with Gasteiger partial charge in [0.15, 0.2) is 5.82 Å². The molecule has 0 aromatic carbocycles. The number of nitrogens with zero attached hydrogens (tertiary/aromatic N) is 4. The second kappa shape index (κ2) is 4.30. The highest BCUT2D eigenvalue weighted by Gasteiger charge is 2.10. The number of hydrogen-bond acceptors (Lipinski definition) is 5. The van der Waals surface area contributed by atoms with Crippen LogP contribution in [0.4, 0.5) is 0 Å². The number of primary amides is 1. The van der Waals surface area contributed by atoms with Gasteiger partial charge in [-0.25, -0.2) is 4.68 Å². The zero-order valence-electron chi connectivity index (χ0n) is 7.25. The van der Waals surface area contributed by atoms with Gasteiger partial charge in [-0.1, -0.05) is 0 Å². The smallest absolute Gasteiger partial charge is 0.311 e. The van der Waals surface area contributed by atoms with Crippen LogP contribution >= 0.6 is 0 Å². The van der Waals surface area contributed by atoms with Crippen molar-refractivity contribution in [2.45, 2.75) is 19.4 Å². The van der Waals surface area contributed by atoms with E-state index in [-0.39, 0.29) is 25.2 Å². The van der Waals surface area contributed by atoms with Gasteiger partial charge < -0.3 is 10.8 Å². The SMILES string of the molecule is NC(=O)CCn1nnnc1CC(=O)O. The molecule has 0 saturated carbocycles. The number of hydrogen-bond donors (Lipinski definition) is 2. The number of amides is 1. The van der Waals surface area contributed by atoms with Crippen LogP contribution in [0, 0.1) is 0 Å². The maximum atomic E-state index is 10.5. The third-order valence-electron chi connectivity index (χ3n) is 1.49. The molecule has 0 aliphatic carbocycles. The average molecular weight is 199 g/mol. The lowest BCUT2D eigenvalue weighted by Crippen LogP contribution is -2.17. The molecule has 1 amide bonds. The van der Waals surface area contributed by atoms with Gasteiger partial charge in [0.25, 0.3) is 0 Å². The number of aryl methyl sites for hydroxylation is 1. The third kappa shape index (κ3) is 2.81. The molecule has 1 aromatic heterocycles. The molecule has 0 atom stereocenters. The minimum absolute atomic E-state index is 0.0810. The van der Waals surface area contributed by atoms with Crippen LogP contribution in [0.25, 0.3) is 0 Å². The first-order valence-electron chi connectivity index (χ1n) is 3.84. The molecule has 1 rings (SSSR count). The number of nitrogens with two attached hydrogens (primary N) is 1. The molecule has 0 aliphatic heterocycles. The Hall–Kier alpha value is -1.99. The third-order valence-corrected chi connectivity index (χ3v) is 1.49. The van der Waals surface area contributed by atoms with Gasteiger partial charge in [-0.05, 0) is 10.4 Å². The van der Waals surface area contributed by atoms with Crippen molar-refractivity contribution in [2.75, 3.05) is 0 Å². The predicted octanol–water partition coefficient (Wildman–Crippen LogP) is -1.82. The molecule has 3 N–H and O–H groups in total. The molecule has 0 bridgehead atoms. The Kier molecular flexibility index (Phi) is 3.10. The van der Waals surface area contributed by atoms with E-state index in [1.807, 2.05) is 0 Å². The van der Waals surface area contributed by atoms with Crippen LogP contribution in [0.2, 0.25) is 0 Å². The number of carboxylic acids is 1. The van der Waals surface area contributed by atoms with Crippen molar-refractivity contribution in [1.82, 2.24) is 20.2 Å². The second-order valence-electron chi connectivity index (χ2n) is 2.61. The van der Waals surface area contributed by atoms with Crippen LogP contribution in [0.15, 0.2) is 0 Å². The summed E-state index contributed by atoms with van der Waals surface area (Å²) in [5, 5.41) is 18.8. The second-order valence-corrected chi connectivity index (χ2v) is 2.61. The number of aromatic nitrogens is 4. The van der Waals surface area contributed by atoms with Crippen LogP contribution in [-0.4, -0.2) is 37.2 Å². The van der Waals surface area contributed by atoms with Crippen LogP contribution in [-0.2, 0) is 22.6 Å². The van der Waals surface area contributed by atoms with Crippen molar-refractivity contribution in [2.24, 2.45) is 5.73 Å². The predicted molar refractivity (Wildman–Crippen MR) is 43.0 cm³/mol. The van der Waals surface area contributed by atoms with E-state index in [1.54, 1.807) is 0 Å². The van der Waals surface area contributed by atoms with E-state index in [4.69, 9.17) is 10.8 Å². The fourth-order valence-electron chi connectivity index (χ4n) is 0.875. The van der Waals surface area contributed by atoms with Crippen molar-refractivity contribution >= 4 is 11.9 Å². The molecule has 1 aromatic rings. The summed E-state index contributed by atoms with van der Waals surface area (Å²) in [6.45, 7) is 0.199. The maximum absolute atomic E-state index is 10.5. The summed E-state index contributed by atoms with van der Waals surface area (Å²) < 4.78 is 1.25. The van der Waals surface area contributed by atoms with Gasteiger partial charge in [0.2, 0.25) is 5.91 Å². The van der Waals surface area contributed by atoms with Gasteiger partial charge in [0.1, 0.15) is 6.42 Å². The summed E-state index contributed by atoms with van der Waals surface area (Å²) in [4.78, 5) is 20.8. The van der Waals surface area contributed by atoms with Gasteiger partial charge in [-0.3, -0.25) is 9.59 Å². The summed E-state index contributed by atoms with van der Waals surface area (Å²) >= 11 is 0. The van der Waals surface area contributed by atoms with Crippen LogP contribution in [0.3, 0.4) is 0 Å². The molecular formula is C6H9N5O3. The summed E-state index contributed by atoms with van der Waals surface area (Å²) in [5.74, 6) is -1.30. The Morgan fingerprint density at radius 2 is 2.21 bits per heavy atom. The number of rotatable bonds is 5. The number of tetrazole rings is 1. The lowest BCUT2D eigenvalue weighted by molar-refractivity contribution is -0.136. The van der Waals surface area contributed by atoms with Gasteiger partial charge >= 0.3 is 5.97 Å². The van der Waals surface area contributed by atoms with E-state index in [2.05, 4.69) is 15.5 Å². The molecule has 8 nitrogen and oxygen atoms in total. The van der Waals surface area contributed by atoms with Gasteiger partial charge in [-0.2, -0.15) is 0 Å². The molecule has 0 unspecified atom stereocenters. The highest BCUT2D eigenvalue weighted by Crippen LogP contribution is 1.95. The molecule has 8 heteroatoms. The van der Waals surface area contributed by atoms with Crippen molar-refractivity contribution in [3.63, 3.8) is 0 Å². The molecule has 0 spiro atoms. The minimum atomic E-state index is -1.03. The first kappa shape index (κ1) is 10.1. The Bertz CT molecular complexity index is 347. The molecule has 0 aliphatic rings. The molecule has 0 radical (unpaired) electrons. The zero-order chi connectivity index (χ0) is 10.6. The molecule has 76 valence electrons. The van der Waals surface area contributed by atoms with E-state index < -0.39 is 11.9 Å². The Morgan fingerprint density at radius 3 is 2.79 bits per heavy atom. The Morgan fingerprint density at radius 1 is 1.50 bits per heavy atom. The average Bonchev–Trinajstić information content (AvgIpc) is 2.47. The van der Waals surface area contributed by atoms with Crippen molar-refractivity contribution in [3.8, 4) is 0 Å². The molecule has 0 saturated heterocycles. The normalized spacial score (nSPS) is 10.0. The zero-order valence-corrected chi connectivity index (χ0v) is 7.25. The molecule has 1 heterocycles. The summed E-state index contributed by atoms with van der Waals surface area (Å²) in [7, 11) is 0. The van der Waals surface area contributed by atoms with E-state index >= 15 is 0 Å². The fourth-order valence-corrected chi connectivity index (χ4v) is 0.875. The maximum Gasteiger partial charge on any atom is 0.311 e. The highest BCUT2D eigenvalue weighted by molar-refractivity contribution is 5.73. The lowest BCUT2D eigenvalue weighted by atomic mass is 10.4. The van der Waals surface area contributed by atoms with Gasteiger partial charge in [0, 0.05) is 6.42 Å². The van der Waals surface area contributed by atoms with Crippen LogP contribution in [0.5, 0.6) is 0 Å². The van der Waals surface area contributed by atoms with Crippen LogP contribution < -0.4 is 5.73 Å². The number of aliphatic carboxylic acids is 1. The van der Waals surface area contributed by atoms with E-state index in [0.29, 0.717) is 0 Å². The van der Waals surface area contributed by atoms with Crippen molar-refractivity contribution in [3.05, 3.63) is 5.82 Å². The molecule has 14 heavy (non-hydrogen) atoms. The standard InChI is InChI=1S/C6H9N5O3/c7-4(12)1-2-11-5(3-6(13)14)8-9-10-11/h1-3H2,(H2,7,12)(H,13,14). The lowest BCUT2D eigenvalue weighted by Gasteiger charge is -1.99. The Balaban J connectivity index is 2.62.